The predicted octanol–water partition coefficient (Wildman–Crippen LogP) is 2.37. The molecule has 0 unspecified atom stereocenters. The Bertz CT molecular complexity index is 768. The first-order valence-electron chi connectivity index (χ1n) is 8.07. The zero-order valence-electron chi connectivity index (χ0n) is 15.4. The molecule has 0 radical (unpaired) electrons. The Balaban J connectivity index is 3.12. The monoisotopic (exact) mass is 419 g/mol. The van der Waals surface area contributed by atoms with Crippen LogP contribution < -0.4 is 16.0 Å². The molecule has 0 bridgehead atoms. The summed E-state index contributed by atoms with van der Waals surface area (Å²) in [5.74, 6) is -6.11. The van der Waals surface area contributed by atoms with Crippen LogP contribution in [0.3, 0.4) is 0 Å². The Morgan fingerprint density at radius 3 is 2.43 bits per heavy atom. The fraction of sp³-hybridized carbons (Fsp3) is 0.412. The van der Waals surface area contributed by atoms with E-state index in [1.165, 1.54) is 25.2 Å². The molecule has 0 saturated heterocycles. The fourth-order valence-electron chi connectivity index (χ4n) is 2.16. The number of halogens is 3. The molecule has 8 nitrogen and oxygen atoms in total. The highest BCUT2D eigenvalue weighted by Gasteiger charge is 2.31. The van der Waals surface area contributed by atoms with Crippen molar-refractivity contribution in [3.05, 3.63) is 28.8 Å². The first-order valence-corrected chi connectivity index (χ1v) is 8.45. The molecule has 1 rings (SSSR count). The summed E-state index contributed by atoms with van der Waals surface area (Å²) in [5, 5.41) is 6.78. The average Bonchev–Trinajstić information content (AvgIpc) is 2.64. The minimum atomic E-state index is -3.10. The van der Waals surface area contributed by atoms with Gasteiger partial charge in [0.25, 0.3) is 11.8 Å². The highest BCUT2D eigenvalue weighted by molar-refractivity contribution is 6.38. The third kappa shape index (κ3) is 7.10. The molecule has 0 aliphatic rings. The Hall–Kier alpha value is -2.75. The molecule has 1 aromatic carbocycles. The normalized spacial score (nSPS) is 11.9. The van der Waals surface area contributed by atoms with Gasteiger partial charge in [0.1, 0.15) is 0 Å². The minimum absolute atomic E-state index is 0.0145. The van der Waals surface area contributed by atoms with Crippen molar-refractivity contribution in [3.63, 3.8) is 0 Å². The zero-order valence-corrected chi connectivity index (χ0v) is 16.2. The second kappa shape index (κ2) is 9.98. The van der Waals surface area contributed by atoms with Crippen molar-refractivity contribution in [2.24, 2.45) is 0 Å². The molecule has 154 valence electrons. The van der Waals surface area contributed by atoms with Crippen molar-refractivity contribution in [2.75, 3.05) is 19.5 Å². The molecule has 0 aromatic heterocycles. The number of anilines is 1. The standard InChI is InChI=1S/C17H20ClF2N3O5/c1-17(19,20)7-6-12(13(24)15(26)21-2)22-14(25)10-8-9(18)4-5-11(10)23-16(27)28-3/h4-5,8,12H,6-7H2,1-3H3,(H,21,26)(H,22,25)(H,23,27)/t12-/m0/s1. The lowest BCUT2D eigenvalue weighted by Gasteiger charge is -2.20. The van der Waals surface area contributed by atoms with Crippen LogP contribution in [0.15, 0.2) is 18.2 Å². The molecule has 0 aliphatic carbocycles. The first kappa shape index (κ1) is 23.3. The van der Waals surface area contributed by atoms with E-state index < -0.39 is 48.5 Å². The summed E-state index contributed by atoms with van der Waals surface area (Å²) in [5.41, 5.74) is -0.128. The van der Waals surface area contributed by atoms with Gasteiger partial charge in [0, 0.05) is 18.5 Å². The van der Waals surface area contributed by atoms with Crippen LogP contribution >= 0.6 is 11.6 Å². The molecule has 3 N–H and O–H groups in total. The van der Waals surface area contributed by atoms with E-state index in [4.69, 9.17) is 11.6 Å². The topological polar surface area (TPSA) is 114 Å². The second-order valence-electron chi connectivity index (χ2n) is 5.88. The summed E-state index contributed by atoms with van der Waals surface area (Å²) in [6.07, 6.45) is -2.06. The molecule has 0 saturated carbocycles. The van der Waals surface area contributed by atoms with E-state index >= 15 is 0 Å². The van der Waals surface area contributed by atoms with Crippen molar-refractivity contribution < 1.29 is 32.7 Å². The van der Waals surface area contributed by atoms with Gasteiger partial charge in [0.2, 0.25) is 11.7 Å². The number of Topliss-reactive ketones (excluding diaryl/α,β-unsaturated/α-hetero) is 1. The number of methoxy groups -OCH3 is 1. The molecule has 0 fully saturated rings. The molecule has 1 atom stereocenters. The average molecular weight is 420 g/mol. The summed E-state index contributed by atoms with van der Waals surface area (Å²) in [4.78, 5) is 47.8. The van der Waals surface area contributed by atoms with Gasteiger partial charge in [-0.2, -0.15) is 0 Å². The Labute approximate surface area is 164 Å². The van der Waals surface area contributed by atoms with E-state index in [1.807, 2.05) is 0 Å². The van der Waals surface area contributed by atoms with Gasteiger partial charge in [-0.1, -0.05) is 11.6 Å². The van der Waals surface area contributed by atoms with Gasteiger partial charge in [-0.15, -0.1) is 0 Å². The third-order valence-electron chi connectivity index (χ3n) is 3.59. The number of alkyl halides is 2. The van der Waals surface area contributed by atoms with Crippen molar-refractivity contribution in [1.29, 1.82) is 0 Å². The van der Waals surface area contributed by atoms with Crippen LogP contribution in [0.4, 0.5) is 19.3 Å². The van der Waals surface area contributed by atoms with E-state index in [-0.39, 0.29) is 16.3 Å². The smallest absolute Gasteiger partial charge is 0.411 e. The SMILES string of the molecule is CNC(=O)C(=O)[C@H](CCC(C)(F)F)NC(=O)c1cc(Cl)ccc1NC(=O)OC. The number of hydrogen-bond acceptors (Lipinski definition) is 5. The summed E-state index contributed by atoms with van der Waals surface area (Å²) < 4.78 is 30.8. The maximum Gasteiger partial charge on any atom is 0.411 e. The molecule has 0 heterocycles. The second-order valence-corrected chi connectivity index (χ2v) is 6.32. The van der Waals surface area contributed by atoms with Gasteiger partial charge in [-0.3, -0.25) is 19.7 Å². The highest BCUT2D eigenvalue weighted by atomic mass is 35.5. The number of carbonyl (C=O) groups excluding carboxylic acids is 4. The lowest BCUT2D eigenvalue weighted by Crippen LogP contribution is -2.47. The number of carbonyl (C=O) groups is 4. The van der Waals surface area contributed by atoms with Crippen molar-refractivity contribution in [2.45, 2.75) is 31.7 Å². The third-order valence-corrected chi connectivity index (χ3v) is 3.83. The number of hydrogen-bond donors (Lipinski definition) is 3. The Morgan fingerprint density at radius 1 is 1.25 bits per heavy atom. The summed E-state index contributed by atoms with van der Waals surface area (Å²) in [6, 6.07) is 2.43. The summed E-state index contributed by atoms with van der Waals surface area (Å²) >= 11 is 5.87. The summed E-state index contributed by atoms with van der Waals surface area (Å²) in [7, 11) is 2.32. The van der Waals surface area contributed by atoms with Gasteiger partial charge >= 0.3 is 6.09 Å². The van der Waals surface area contributed by atoms with Crippen LogP contribution in [0.1, 0.15) is 30.1 Å². The number of amides is 3. The van der Waals surface area contributed by atoms with Crippen molar-refractivity contribution >= 4 is 41.0 Å². The molecular formula is C17H20ClF2N3O5. The first-order chi connectivity index (χ1) is 13.0. The van der Waals surface area contributed by atoms with Gasteiger partial charge in [-0.05, 0) is 31.5 Å². The Morgan fingerprint density at radius 2 is 1.89 bits per heavy atom. The lowest BCUT2D eigenvalue weighted by atomic mass is 10.0. The highest BCUT2D eigenvalue weighted by Crippen LogP contribution is 2.23. The molecule has 0 spiro atoms. The van der Waals surface area contributed by atoms with Gasteiger partial charge in [0.15, 0.2) is 0 Å². The number of likely N-dealkylation sites (N-methyl/N-ethyl adjacent to an activating group) is 1. The van der Waals surface area contributed by atoms with Crippen molar-refractivity contribution in [1.82, 2.24) is 10.6 Å². The zero-order chi connectivity index (χ0) is 21.5. The van der Waals surface area contributed by atoms with E-state index in [1.54, 1.807) is 0 Å². The maximum absolute atomic E-state index is 13.2. The predicted molar refractivity (Wildman–Crippen MR) is 97.7 cm³/mol. The lowest BCUT2D eigenvalue weighted by molar-refractivity contribution is -0.139. The van der Waals surface area contributed by atoms with Gasteiger partial charge in [0.05, 0.1) is 24.4 Å². The number of ether oxygens (including phenoxy) is 1. The van der Waals surface area contributed by atoms with Crippen LogP contribution in [0, 0.1) is 0 Å². The Kier molecular flexibility index (Phi) is 8.30. The molecule has 11 heteroatoms. The van der Waals surface area contributed by atoms with Crippen LogP contribution in [0.2, 0.25) is 5.02 Å². The van der Waals surface area contributed by atoms with Crippen LogP contribution in [-0.2, 0) is 14.3 Å². The number of nitrogens with one attached hydrogen (secondary N) is 3. The van der Waals surface area contributed by atoms with Crippen LogP contribution in [0.5, 0.6) is 0 Å². The largest absolute Gasteiger partial charge is 0.453 e. The van der Waals surface area contributed by atoms with Crippen LogP contribution in [-0.4, -0.2) is 49.8 Å². The van der Waals surface area contributed by atoms with Gasteiger partial charge < -0.3 is 15.4 Å². The molecule has 3 amide bonds. The van der Waals surface area contributed by atoms with Gasteiger partial charge in [-0.25, -0.2) is 13.6 Å². The molecular weight excluding hydrogens is 400 g/mol. The fourth-order valence-corrected chi connectivity index (χ4v) is 2.33. The number of rotatable bonds is 8. The van der Waals surface area contributed by atoms with Crippen molar-refractivity contribution in [3.8, 4) is 0 Å². The molecule has 28 heavy (non-hydrogen) atoms. The summed E-state index contributed by atoms with van der Waals surface area (Å²) in [6.45, 7) is 0.658. The minimum Gasteiger partial charge on any atom is -0.453 e. The maximum atomic E-state index is 13.2. The number of ketones is 1. The molecule has 0 aliphatic heterocycles. The van der Waals surface area contributed by atoms with E-state index in [9.17, 15) is 28.0 Å². The van der Waals surface area contributed by atoms with Crippen LogP contribution in [0.25, 0.3) is 0 Å². The van der Waals surface area contributed by atoms with E-state index in [2.05, 4.69) is 20.7 Å². The molecule has 1 aromatic rings. The number of benzene rings is 1. The quantitative estimate of drug-likeness (QED) is 0.560. The van der Waals surface area contributed by atoms with E-state index in [0.717, 1.165) is 7.11 Å². The van der Waals surface area contributed by atoms with E-state index in [0.29, 0.717) is 6.92 Å².